The summed E-state index contributed by atoms with van der Waals surface area (Å²) in [6.45, 7) is 0. The van der Waals surface area contributed by atoms with Gasteiger partial charge in [-0.1, -0.05) is 6.42 Å². The molecule has 18 heavy (non-hydrogen) atoms. The number of nitrogens with one attached hydrogen (secondary N) is 1. The van der Waals surface area contributed by atoms with E-state index in [1.165, 1.54) is 0 Å². The summed E-state index contributed by atoms with van der Waals surface area (Å²) < 4.78 is 0. The van der Waals surface area contributed by atoms with Crippen molar-refractivity contribution in [1.82, 2.24) is 4.98 Å². The van der Waals surface area contributed by atoms with Crippen LogP contribution in [0, 0.1) is 5.92 Å². The molecule has 0 saturated heterocycles. The lowest BCUT2D eigenvalue weighted by molar-refractivity contribution is -0.120. The van der Waals surface area contributed by atoms with E-state index < -0.39 is 0 Å². The van der Waals surface area contributed by atoms with Gasteiger partial charge in [-0.25, -0.2) is 4.98 Å². The van der Waals surface area contributed by atoms with Crippen molar-refractivity contribution in [2.24, 2.45) is 11.7 Å². The van der Waals surface area contributed by atoms with Gasteiger partial charge in [-0.2, -0.15) is 0 Å². The average molecular weight is 248 g/mol. The zero-order valence-corrected chi connectivity index (χ0v) is 10.9. The van der Waals surface area contributed by atoms with Gasteiger partial charge in [0.15, 0.2) is 0 Å². The Hall–Kier alpha value is -1.62. The third-order valence-corrected chi connectivity index (χ3v) is 3.38. The van der Waals surface area contributed by atoms with Gasteiger partial charge in [0.25, 0.3) is 0 Å². The van der Waals surface area contributed by atoms with E-state index in [9.17, 15) is 4.79 Å². The van der Waals surface area contributed by atoms with Gasteiger partial charge in [0.05, 0.1) is 17.8 Å². The number of anilines is 2. The summed E-state index contributed by atoms with van der Waals surface area (Å²) in [6.07, 6.45) is 4.54. The van der Waals surface area contributed by atoms with E-state index in [2.05, 4.69) is 10.3 Å². The van der Waals surface area contributed by atoms with Crippen LogP contribution in [0.4, 0.5) is 11.5 Å². The number of aromatic nitrogens is 1. The fourth-order valence-corrected chi connectivity index (χ4v) is 2.27. The molecule has 1 aliphatic carbocycles. The summed E-state index contributed by atoms with van der Waals surface area (Å²) >= 11 is 0. The summed E-state index contributed by atoms with van der Waals surface area (Å²) in [6, 6.07) is 3.74. The number of hydrogen-bond donors (Lipinski definition) is 2. The summed E-state index contributed by atoms with van der Waals surface area (Å²) in [4.78, 5) is 18.2. The van der Waals surface area contributed by atoms with Gasteiger partial charge in [0, 0.05) is 20.1 Å². The minimum absolute atomic E-state index is 0.000919. The molecule has 1 fully saturated rings. The number of pyridine rings is 1. The second kappa shape index (κ2) is 5.35. The van der Waals surface area contributed by atoms with Gasteiger partial charge in [0.1, 0.15) is 5.82 Å². The number of hydrogen-bond acceptors (Lipinski definition) is 4. The molecular formula is C13H20N4O. The lowest BCUT2D eigenvalue weighted by atomic mass is 10.0. The highest BCUT2D eigenvalue weighted by atomic mass is 16.1. The summed E-state index contributed by atoms with van der Waals surface area (Å²) in [7, 11) is 3.86. The molecule has 0 radical (unpaired) electrons. The van der Waals surface area contributed by atoms with Crippen molar-refractivity contribution in [3.8, 4) is 0 Å². The fourth-order valence-electron chi connectivity index (χ4n) is 2.27. The second-order valence-electron chi connectivity index (χ2n) is 4.99. The first kappa shape index (κ1) is 12.8. The average Bonchev–Trinajstić information content (AvgIpc) is 2.76. The van der Waals surface area contributed by atoms with Gasteiger partial charge in [-0.15, -0.1) is 0 Å². The van der Waals surface area contributed by atoms with Gasteiger partial charge < -0.3 is 16.0 Å². The minimum Gasteiger partial charge on any atom is -0.363 e. The maximum atomic E-state index is 12.0. The molecule has 1 amide bonds. The number of carbonyl (C=O) groups is 1. The van der Waals surface area contributed by atoms with Gasteiger partial charge in [0.2, 0.25) is 5.91 Å². The highest BCUT2D eigenvalue weighted by molar-refractivity contribution is 5.93. The Bertz CT molecular complexity index is 416. The van der Waals surface area contributed by atoms with Crippen molar-refractivity contribution in [2.45, 2.75) is 25.3 Å². The standard InChI is InChI=1S/C13H20N4O/c1-17(2)12-7-6-9(8-15-12)16-13(18)10-4-3-5-11(10)14/h6-8,10-11H,3-5,14H2,1-2H3,(H,16,18). The Morgan fingerprint density at radius 2 is 2.22 bits per heavy atom. The highest BCUT2D eigenvalue weighted by Crippen LogP contribution is 2.25. The lowest BCUT2D eigenvalue weighted by Crippen LogP contribution is -2.34. The quantitative estimate of drug-likeness (QED) is 0.843. The number of carbonyl (C=O) groups excluding carboxylic acids is 1. The van der Waals surface area contributed by atoms with Crippen molar-refractivity contribution in [1.29, 1.82) is 0 Å². The maximum absolute atomic E-state index is 12.0. The highest BCUT2D eigenvalue weighted by Gasteiger charge is 2.30. The molecule has 2 atom stereocenters. The van der Waals surface area contributed by atoms with Crippen LogP contribution in [0.25, 0.3) is 0 Å². The molecule has 2 unspecified atom stereocenters. The van der Waals surface area contributed by atoms with E-state index in [1.807, 2.05) is 31.1 Å². The van der Waals surface area contributed by atoms with E-state index in [0.717, 1.165) is 30.8 Å². The van der Waals surface area contributed by atoms with E-state index in [-0.39, 0.29) is 17.9 Å². The first-order chi connectivity index (χ1) is 8.58. The van der Waals surface area contributed by atoms with Crippen LogP contribution in [0.5, 0.6) is 0 Å². The summed E-state index contributed by atoms with van der Waals surface area (Å²) in [5.41, 5.74) is 6.64. The molecule has 0 spiro atoms. The van der Waals surface area contributed by atoms with Crippen molar-refractivity contribution < 1.29 is 4.79 Å². The molecular weight excluding hydrogens is 228 g/mol. The van der Waals surface area contributed by atoms with Crippen molar-refractivity contribution >= 4 is 17.4 Å². The Morgan fingerprint density at radius 3 is 2.72 bits per heavy atom. The van der Waals surface area contributed by atoms with E-state index >= 15 is 0 Å². The maximum Gasteiger partial charge on any atom is 0.229 e. The molecule has 2 rings (SSSR count). The predicted molar refractivity (Wildman–Crippen MR) is 72.5 cm³/mol. The number of rotatable bonds is 3. The Labute approximate surface area is 107 Å². The van der Waals surface area contributed by atoms with Crippen molar-refractivity contribution in [3.63, 3.8) is 0 Å². The second-order valence-corrected chi connectivity index (χ2v) is 4.99. The molecule has 1 aromatic heterocycles. The lowest BCUT2D eigenvalue weighted by Gasteiger charge is -2.16. The first-order valence-electron chi connectivity index (χ1n) is 6.28. The van der Waals surface area contributed by atoms with Gasteiger partial charge in [-0.3, -0.25) is 4.79 Å². The van der Waals surface area contributed by atoms with E-state index in [0.29, 0.717) is 0 Å². The van der Waals surface area contributed by atoms with Crippen LogP contribution in [0.1, 0.15) is 19.3 Å². The van der Waals surface area contributed by atoms with Crippen molar-refractivity contribution in [3.05, 3.63) is 18.3 Å². The number of amides is 1. The molecule has 1 heterocycles. The molecule has 98 valence electrons. The topological polar surface area (TPSA) is 71.2 Å². The molecule has 5 nitrogen and oxygen atoms in total. The first-order valence-corrected chi connectivity index (χ1v) is 6.28. The van der Waals surface area contributed by atoms with Crippen molar-refractivity contribution in [2.75, 3.05) is 24.3 Å². The SMILES string of the molecule is CN(C)c1ccc(NC(=O)C2CCCC2N)cn1. The third-order valence-electron chi connectivity index (χ3n) is 3.38. The molecule has 3 N–H and O–H groups in total. The smallest absolute Gasteiger partial charge is 0.229 e. The molecule has 5 heteroatoms. The molecule has 1 saturated carbocycles. The van der Waals surface area contributed by atoms with Gasteiger partial charge in [-0.05, 0) is 25.0 Å². The molecule has 0 aliphatic heterocycles. The van der Waals surface area contributed by atoms with Gasteiger partial charge >= 0.3 is 0 Å². The predicted octanol–water partition coefficient (Wildman–Crippen LogP) is 1.21. The van der Waals surface area contributed by atoms with Crippen LogP contribution in [0.3, 0.4) is 0 Å². The normalized spacial score (nSPS) is 22.8. The minimum atomic E-state index is -0.0569. The molecule has 1 aromatic rings. The fraction of sp³-hybridized carbons (Fsp3) is 0.538. The summed E-state index contributed by atoms with van der Waals surface area (Å²) in [5, 5.41) is 2.88. The van der Waals surface area contributed by atoms with Crippen LogP contribution in [0.15, 0.2) is 18.3 Å². The number of nitrogens with zero attached hydrogens (tertiary/aromatic N) is 2. The Balaban J connectivity index is 1.98. The van der Waals surface area contributed by atoms with Crippen LogP contribution in [-0.2, 0) is 4.79 Å². The molecule has 1 aliphatic rings. The Morgan fingerprint density at radius 1 is 1.44 bits per heavy atom. The van der Waals surface area contributed by atoms with Crippen LogP contribution in [0.2, 0.25) is 0 Å². The third kappa shape index (κ3) is 2.79. The van der Waals surface area contributed by atoms with Crippen LogP contribution in [-0.4, -0.2) is 31.0 Å². The molecule has 0 bridgehead atoms. The van der Waals surface area contributed by atoms with Crippen LogP contribution < -0.4 is 16.0 Å². The van der Waals surface area contributed by atoms with E-state index in [1.54, 1.807) is 6.20 Å². The number of nitrogens with two attached hydrogens (primary N) is 1. The zero-order valence-electron chi connectivity index (χ0n) is 10.9. The Kier molecular flexibility index (Phi) is 3.81. The van der Waals surface area contributed by atoms with Crippen LogP contribution >= 0.6 is 0 Å². The van der Waals surface area contributed by atoms with E-state index in [4.69, 9.17) is 5.73 Å². The monoisotopic (exact) mass is 248 g/mol. The molecule has 0 aromatic carbocycles. The summed E-state index contributed by atoms with van der Waals surface area (Å²) in [5.74, 6) is 0.823. The zero-order chi connectivity index (χ0) is 13.1. The largest absolute Gasteiger partial charge is 0.363 e.